The largest absolute Gasteiger partial charge is 0.466 e. The van der Waals surface area contributed by atoms with Gasteiger partial charge in [-0.3, -0.25) is 9.79 Å². The number of nitrogens with two attached hydrogens (primary N) is 1. The first-order valence-electron chi connectivity index (χ1n) is 7.75. The Hall–Kier alpha value is -1.26. The summed E-state index contributed by atoms with van der Waals surface area (Å²) in [5.41, 5.74) is 5.75. The highest BCUT2D eigenvalue weighted by molar-refractivity contribution is 5.77. The molecule has 0 atom stereocenters. The van der Waals surface area contributed by atoms with E-state index in [9.17, 15) is 4.79 Å². The summed E-state index contributed by atoms with van der Waals surface area (Å²) >= 11 is 0. The lowest BCUT2D eigenvalue weighted by atomic mass is 10.1. The van der Waals surface area contributed by atoms with E-state index in [-0.39, 0.29) is 5.97 Å². The lowest BCUT2D eigenvalue weighted by molar-refractivity contribution is -0.143. The van der Waals surface area contributed by atoms with E-state index in [2.05, 4.69) is 24.2 Å². The van der Waals surface area contributed by atoms with E-state index in [1.807, 2.05) is 6.92 Å². The molecule has 0 saturated carbocycles. The molecule has 0 aliphatic heterocycles. The number of carbonyl (C=O) groups excluding carboxylic acids is 1. The van der Waals surface area contributed by atoms with Crippen molar-refractivity contribution in [3.63, 3.8) is 0 Å². The normalized spacial score (nSPS) is 11.7. The van der Waals surface area contributed by atoms with Crippen molar-refractivity contribution in [2.45, 2.75) is 59.3 Å². The molecule has 3 N–H and O–H groups in total. The molecule has 0 aliphatic rings. The van der Waals surface area contributed by atoms with Gasteiger partial charge in [-0.05, 0) is 32.1 Å². The molecule has 118 valence electrons. The topological polar surface area (TPSA) is 76.7 Å². The van der Waals surface area contributed by atoms with Gasteiger partial charge in [0, 0.05) is 19.5 Å². The first-order chi connectivity index (χ1) is 9.56. The van der Waals surface area contributed by atoms with Crippen molar-refractivity contribution in [2.24, 2.45) is 16.6 Å². The Bertz CT molecular complexity index is 278. The molecular formula is C15H31N3O2. The molecule has 0 aliphatic carbocycles. The van der Waals surface area contributed by atoms with Crippen LogP contribution in [0, 0.1) is 5.92 Å². The molecule has 0 rings (SSSR count). The third kappa shape index (κ3) is 13.2. The second-order valence-electron chi connectivity index (χ2n) is 5.35. The summed E-state index contributed by atoms with van der Waals surface area (Å²) in [6, 6.07) is 0. The Balaban J connectivity index is 3.39. The fourth-order valence-corrected chi connectivity index (χ4v) is 1.71. The Morgan fingerprint density at radius 3 is 2.60 bits per heavy atom. The van der Waals surface area contributed by atoms with E-state index < -0.39 is 0 Å². The number of nitrogens with one attached hydrogen (secondary N) is 1. The minimum atomic E-state index is -0.0934. The molecule has 0 saturated heterocycles. The highest BCUT2D eigenvalue weighted by Crippen LogP contribution is 2.04. The minimum absolute atomic E-state index is 0.0934. The van der Waals surface area contributed by atoms with Gasteiger partial charge in [-0.25, -0.2) is 0 Å². The molecule has 0 aromatic carbocycles. The van der Waals surface area contributed by atoms with Crippen LogP contribution in [0.3, 0.4) is 0 Å². The minimum Gasteiger partial charge on any atom is -0.466 e. The smallest absolute Gasteiger partial charge is 0.305 e. The summed E-state index contributed by atoms with van der Waals surface area (Å²) < 4.78 is 4.87. The van der Waals surface area contributed by atoms with Crippen molar-refractivity contribution < 1.29 is 9.53 Å². The fraction of sp³-hybridized carbons (Fsp3) is 0.867. The number of guanidine groups is 1. The molecule has 0 heterocycles. The van der Waals surface area contributed by atoms with Crippen molar-refractivity contribution >= 4 is 11.9 Å². The van der Waals surface area contributed by atoms with E-state index in [0.29, 0.717) is 24.9 Å². The van der Waals surface area contributed by atoms with Gasteiger partial charge < -0.3 is 15.8 Å². The Morgan fingerprint density at radius 2 is 1.95 bits per heavy atom. The van der Waals surface area contributed by atoms with Crippen LogP contribution >= 0.6 is 0 Å². The summed E-state index contributed by atoms with van der Waals surface area (Å²) in [4.78, 5) is 15.4. The van der Waals surface area contributed by atoms with E-state index in [0.717, 1.165) is 45.2 Å². The van der Waals surface area contributed by atoms with Gasteiger partial charge >= 0.3 is 5.97 Å². The fourth-order valence-electron chi connectivity index (χ4n) is 1.71. The molecule has 5 nitrogen and oxygen atoms in total. The molecular weight excluding hydrogens is 254 g/mol. The van der Waals surface area contributed by atoms with Gasteiger partial charge in [0.25, 0.3) is 0 Å². The molecule has 0 radical (unpaired) electrons. The maximum Gasteiger partial charge on any atom is 0.305 e. The highest BCUT2D eigenvalue weighted by Gasteiger charge is 2.00. The number of carbonyl (C=O) groups is 1. The van der Waals surface area contributed by atoms with Gasteiger partial charge in [0.15, 0.2) is 5.96 Å². The van der Waals surface area contributed by atoms with Crippen molar-refractivity contribution in [3.8, 4) is 0 Å². The maximum absolute atomic E-state index is 11.1. The lowest BCUT2D eigenvalue weighted by Crippen LogP contribution is -2.33. The van der Waals surface area contributed by atoms with Crippen molar-refractivity contribution in [2.75, 3.05) is 19.7 Å². The SMILES string of the molecule is CCOC(=O)CCCCCCN=C(N)NCCC(C)C. The van der Waals surface area contributed by atoms with Crippen LogP contribution in [0.25, 0.3) is 0 Å². The summed E-state index contributed by atoms with van der Waals surface area (Å²) in [5.74, 6) is 1.12. The zero-order valence-electron chi connectivity index (χ0n) is 13.3. The Labute approximate surface area is 123 Å². The predicted molar refractivity (Wildman–Crippen MR) is 83.7 cm³/mol. The second-order valence-corrected chi connectivity index (χ2v) is 5.35. The number of aliphatic imine (C=N–C) groups is 1. The van der Waals surface area contributed by atoms with Gasteiger partial charge in [0.2, 0.25) is 0 Å². The number of rotatable bonds is 11. The van der Waals surface area contributed by atoms with Gasteiger partial charge in [0.1, 0.15) is 0 Å². The number of esters is 1. The van der Waals surface area contributed by atoms with Crippen LogP contribution in [0.5, 0.6) is 0 Å². The van der Waals surface area contributed by atoms with Crippen LogP contribution in [-0.2, 0) is 9.53 Å². The molecule has 0 spiro atoms. The van der Waals surface area contributed by atoms with Crippen LogP contribution < -0.4 is 11.1 Å². The first-order valence-corrected chi connectivity index (χ1v) is 7.75. The molecule has 0 amide bonds. The van der Waals surface area contributed by atoms with E-state index in [1.54, 1.807) is 0 Å². The molecule has 0 aromatic heterocycles. The van der Waals surface area contributed by atoms with E-state index >= 15 is 0 Å². The number of unbranched alkanes of at least 4 members (excludes halogenated alkanes) is 3. The number of hydrogen-bond donors (Lipinski definition) is 2. The van der Waals surface area contributed by atoms with Gasteiger partial charge in [0.05, 0.1) is 6.61 Å². The Kier molecular flexibility index (Phi) is 12.0. The maximum atomic E-state index is 11.1. The van der Waals surface area contributed by atoms with Gasteiger partial charge in [-0.15, -0.1) is 0 Å². The van der Waals surface area contributed by atoms with Crippen molar-refractivity contribution in [3.05, 3.63) is 0 Å². The third-order valence-electron chi connectivity index (χ3n) is 2.90. The second kappa shape index (κ2) is 12.8. The standard InChI is InChI=1S/C15H31N3O2/c1-4-20-14(19)9-7-5-6-8-11-17-15(16)18-12-10-13(2)3/h13H,4-12H2,1-3H3,(H3,16,17,18). The highest BCUT2D eigenvalue weighted by atomic mass is 16.5. The molecule has 5 heteroatoms. The third-order valence-corrected chi connectivity index (χ3v) is 2.90. The van der Waals surface area contributed by atoms with Crippen LogP contribution in [0.1, 0.15) is 59.3 Å². The summed E-state index contributed by atoms with van der Waals surface area (Å²) in [6.45, 7) is 8.30. The predicted octanol–water partition coefficient (Wildman–Crippen LogP) is 2.45. The van der Waals surface area contributed by atoms with E-state index in [1.165, 1.54) is 0 Å². The molecule has 0 fully saturated rings. The summed E-state index contributed by atoms with van der Waals surface area (Å²) in [6.07, 6.45) is 5.64. The lowest BCUT2D eigenvalue weighted by Gasteiger charge is -2.07. The zero-order chi connectivity index (χ0) is 15.2. The summed E-state index contributed by atoms with van der Waals surface area (Å²) in [5, 5.41) is 3.11. The van der Waals surface area contributed by atoms with Crippen molar-refractivity contribution in [1.29, 1.82) is 0 Å². The summed E-state index contributed by atoms with van der Waals surface area (Å²) in [7, 11) is 0. The molecule has 0 bridgehead atoms. The van der Waals surface area contributed by atoms with Crippen LogP contribution in [0.2, 0.25) is 0 Å². The van der Waals surface area contributed by atoms with Gasteiger partial charge in [-0.2, -0.15) is 0 Å². The van der Waals surface area contributed by atoms with Crippen LogP contribution in [-0.4, -0.2) is 31.6 Å². The molecule has 20 heavy (non-hydrogen) atoms. The average molecular weight is 285 g/mol. The number of ether oxygens (including phenoxy) is 1. The molecule has 0 aromatic rings. The average Bonchev–Trinajstić information content (AvgIpc) is 2.37. The molecule has 0 unspecified atom stereocenters. The monoisotopic (exact) mass is 285 g/mol. The van der Waals surface area contributed by atoms with Crippen molar-refractivity contribution in [1.82, 2.24) is 5.32 Å². The van der Waals surface area contributed by atoms with Crippen LogP contribution in [0.4, 0.5) is 0 Å². The zero-order valence-corrected chi connectivity index (χ0v) is 13.3. The first kappa shape index (κ1) is 18.7. The number of nitrogens with zero attached hydrogens (tertiary/aromatic N) is 1. The quantitative estimate of drug-likeness (QED) is 0.264. The van der Waals surface area contributed by atoms with Crippen LogP contribution in [0.15, 0.2) is 4.99 Å². The Morgan fingerprint density at radius 1 is 1.25 bits per heavy atom. The van der Waals surface area contributed by atoms with E-state index in [4.69, 9.17) is 10.5 Å². The number of hydrogen-bond acceptors (Lipinski definition) is 3. The van der Waals surface area contributed by atoms with Gasteiger partial charge in [-0.1, -0.05) is 26.7 Å².